The Labute approximate surface area is 657 Å². The molecule has 3 heterocycles. The molecule has 3 aliphatic heterocycles. The van der Waals surface area contributed by atoms with Crippen LogP contribution in [0.15, 0.2) is 217 Å². The summed E-state index contributed by atoms with van der Waals surface area (Å²) in [6, 6.07) is 54.8. The van der Waals surface area contributed by atoms with E-state index in [0.29, 0.717) is 11.1 Å². The molecule has 6 aliphatic rings. The number of hydrogen-bond acceptors (Lipinski definition) is 25. The molecule has 0 unspecified atom stereocenters. The Morgan fingerprint density at radius 2 is 1.22 bits per heavy atom. The van der Waals surface area contributed by atoms with Crippen molar-refractivity contribution in [2.24, 2.45) is 16.7 Å². The van der Waals surface area contributed by atoms with Gasteiger partial charge >= 0.3 is 47.9 Å². The van der Waals surface area contributed by atoms with Crippen LogP contribution in [0.2, 0.25) is 0 Å². The summed E-state index contributed by atoms with van der Waals surface area (Å²) in [4.78, 5) is 148. The minimum atomic E-state index is -2.71. The Hall–Kier alpha value is -11.3. The van der Waals surface area contributed by atoms with Gasteiger partial charge < -0.3 is 76.7 Å². The zero-order valence-corrected chi connectivity index (χ0v) is 63.6. The predicted molar refractivity (Wildman–Crippen MR) is 401 cm³/mol. The van der Waals surface area contributed by atoms with E-state index in [-0.39, 0.29) is 58.9 Å². The number of rotatable bonds is 25. The average molecular weight is 1560 g/mol. The first-order valence-corrected chi connectivity index (χ1v) is 37.5. The van der Waals surface area contributed by atoms with Crippen LogP contribution in [0.4, 0.5) is 10.5 Å². The van der Waals surface area contributed by atoms with E-state index in [1.165, 1.54) is 83.3 Å². The Morgan fingerprint density at radius 1 is 0.623 bits per heavy atom. The lowest BCUT2D eigenvalue weighted by molar-refractivity contribution is -0.364. The molecule has 596 valence electrons. The fraction of sp³-hybridized carbons (Fsp3) is 0.379. The zero-order chi connectivity index (χ0) is 80.6. The first-order chi connectivity index (χ1) is 54.8. The van der Waals surface area contributed by atoms with Crippen molar-refractivity contribution in [3.63, 3.8) is 0 Å². The quantitative estimate of drug-likeness (QED) is 0.0272. The topological polar surface area (TPSA) is 344 Å². The van der Waals surface area contributed by atoms with Crippen LogP contribution in [0.5, 0.6) is 0 Å². The van der Waals surface area contributed by atoms with Crippen LogP contribution in [0.1, 0.15) is 133 Å². The largest absolute Gasteiger partial charge is 0.458 e. The van der Waals surface area contributed by atoms with E-state index < -0.39 is 199 Å². The molecule has 0 radical (unpaired) electrons. The van der Waals surface area contributed by atoms with Crippen LogP contribution in [0.3, 0.4) is 0 Å². The number of carbonyl (C=O) groups excluding carboxylic acids is 10. The van der Waals surface area contributed by atoms with Crippen LogP contribution in [0, 0.1) is 16.7 Å². The van der Waals surface area contributed by atoms with Crippen molar-refractivity contribution in [2.45, 2.75) is 171 Å². The number of fused-ring (bicyclic) bond motifs is 6. The number of amides is 2. The number of Topliss-reactive ketones (excluding diaryl/α,β-unsaturated/α-hetero) is 1. The molecule has 5 fully saturated rings. The Morgan fingerprint density at radius 3 is 1.84 bits per heavy atom. The molecule has 17 atom stereocenters. The van der Waals surface area contributed by atoms with E-state index in [1.807, 2.05) is 66.7 Å². The molecule has 27 heteroatoms. The van der Waals surface area contributed by atoms with Crippen molar-refractivity contribution in [2.75, 3.05) is 25.6 Å². The molecule has 0 spiro atoms. The summed E-state index contributed by atoms with van der Waals surface area (Å²) in [6.07, 6.45) is -20.8. The number of hydrogen-bond donors (Lipinski definition) is 3. The molecule has 3 N–H and O–H groups in total. The minimum Gasteiger partial charge on any atom is -0.458 e. The standard InChI is InChI=1S/C87H88N2O25/c1-50-61(107-80(98)71(68(55-31-18-10-19-32-55)89-77(95)56-33-20-11-21-34-56)110-65(92)41-42-66(93)111-73-72(102-46-53-27-14-8-15-28-53)69-62(108-82(73)101-7)48-103-81(112-69)58-37-24-13-25-38-58)45-87(100)76(113-78(96)57-35-22-12-23-36-57)74-85(6,75(94)70(106-51(2)90)67(50)84(87,4)5)63(44-64-86(74,49-105-64)114-52(3)91)109-79(97)59-39-26-40-60(43-59)88-83(99)104-47-54-29-16-9-17-30-54/h8-40,43,61-64,68-74,76,81-82,100H,41-42,44-49H2,1-7H3,(H,88,99)(H,89,95)/t61-,62+,63-,64+,68-,69+,70+,71+,72-,73+,74-,76-,81+,82-,85+,86-,87+/m0/s1. The maximum absolute atomic E-state index is 17.0. The molecule has 3 saturated heterocycles. The summed E-state index contributed by atoms with van der Waals surface area (Å²) in [5.74, 6) is -11.2. The summed E-state index contributed by atoms with van der Waals surface area (Å²) in [5, 5.41) is 20.2. The van der Waals surface area contributed by atoms with E-state index >= 15 is 14.4 Å². The van der Waals surface area contributed by atoms with Gasteiger partial charge in [-0.1, -0.05) is 178 Å². The van der Waals surface area contributed by atoms with Crippen molar-refractivity contribution in [3.8, 4) is 0 Å². The fourth-order valence-electron chi connectivity index (χ4n) is 16.4. The Balaban J connectivity index is 0.858. The normalized spacial score (nSPS) is 27.6. The lowest BCUT2D eigenvalue weighted by atomic mass is 9.44. The fourth-order valence-corrected chi connectivity index (χ4v) is 16.4. The van der Waals surface area contributed by atoms with Crippen LogP contribution in [-0.2, 0) is 108 Å². The summed E-state index contributed by atoms with van der Waals surface area (Å²) in [5.41, 5.74) is -6.85. The van der Waals surface area contributed by atoms with Gasteiger partial charge in [0.05, 0.1) is 55.1 Å². The third-order valence-corrected chi connectivity index (χ3v) is 22.2. The lowest BCUT2D eigenvalue weighted by Crippen LogP contribution is -2.82. The van der Waals surface area contributed by atoms with Gasteiger partial charge in [-0.15, -0.1) is 0 Å². The number of methoxy groups -OCH3 is 1. The number of benzene rings is 7. The highest BCUT2D eigenvalue weighted by molar-refractivity contribution is 5.98. The van der Waals surface area contributed by atoms with E-state index in [9.17, 15) is 38.7 Å². The molecule has 7 aromatic carbocycles. The molecule has 0 aromatic heterocycles. The third-order valence-electron chi connectivity index (χ3n) is 22.2. The maximum Gasteiger partial charge on any atom is 0.411 e. The number of aliphatic hydroxyl groups is 1. The van der Waals surface area contributed by atoms with Crippen molar-refractivity contribution in [3.05, 3.63) is 256 Å². The first-order valence-electron chi connectivity index (χ1n) is 37.5. The summed E-state index contributed by atoms with van der Waals surface area (Å²) in [7, 11) is 1.35. The second kappa shape index (κ2) is 34.6. The minimum absolute atomic E-state index is 0.0131. The first kappa shape index (κ1) is 80.7. The molecule has 2 bridgehead atoms. The highest BCUT2D eigenvalue weighted by Gasteiger charge is 2.79. The van der Waals surface area contributed by atoms with Crippen LogP contribution in [0.25, 0.3) is 0 Å². The molecular weight excluding hydrogens is 1470 g/mol. The smallest absolute Gasteiger partial charge is 0.411 e. The van der Waals surface area contributed by atoms with Gasteiger partial charge in [0.15, 0.2) is 36.2 Å². The van der Waals surface area contributed by atoms with E-state index in [2.05, 4.69) is 10.6 Å². The molecule has 27 nitrogen and oxygen atoms in total. The highest BCUT2D eigenvalue weighted by atomic mass is 16.8. The van der Waals surface area contributed by atoms with Gasteiger partial charge in [-0.05, 0) is 84.1 Å². The molecule has 7 aromatic rings. The molecule has 2 saturated carbocycles. The molecular formula is C87H88N2O25. The third kappa shape index (κ3) is 16.9. The van der Waals surface area contributed by atoms with Crippen LogP contribution in [-0.4, -0.2) is 164 Å². The number of ketones is 1. The van der Waals surface area contributed by atoms with Gasteiger partial charge in [0, 0.05) is 56.0 Å². The Kier molecular flexibility index (Phi) is 24.5. The van der Waals surface area contributed by atoms with E-state index in [1.54, 1.807) is 91.0 Å². The molecule has 13 rings (SSSR count). The number of anilines is 1. The van der Waals surface area contributed by atoms with E-state index in [4.69, 9.17) is 66.3 Å². The van der Waals surface area contributed by atoms with Crippen molar-refractivity contribution in [1.29, 1.82) is 0 Å². The number of esters is 7. The summed E-state index contributed by atoms with van der Waals surface area (Å²) >= 11 is 0. The summed E-state index contributed by atoms with van der Waals surface area (Å²) in [6.45, 7) is 7.45. The maximum atomic E-state index is 17.0. The molecule has 114 heavy (non-hydrogen) atoms. The number of nitrogens with one attached hydrogen (secondary N) is 2. The number of carbonyl (C=O) groups is 10. The van der Waals surface area contributed by atoms with Gasteiger partial charge in [0.2, 0.25) is 6.10 Å². The average Bonchev–Trinajstić information content (AvgIpc) is 0.666. The van der Waals surface area contributed by atoms with Gasteiger partial charge in [0.25, 0.3) is 5.91 Å². The van der Waals surface area contributed by atoms with Gasteiger partial charge in [-0.2, -0.15) is 0 Å². The Bertz CT molecular complexity index is 4710. The lowest BCUT2D eigenvalue weighted by Gasteiger charge is -2.67. The van der Waals surface area contributed by atoms with Crippen molar-refractivity contribution >= 4 is 65.3 Å². The van der Waals surface area contributed by atoms with Gasteiger partial charge in [-0.25, -0.2) is 19.2 Å². The van der Waals surface area contributed by atoms with Crippen LogP contribution >= 0.6 is 0 Å². The molecule has 3 aliphatic carbocycles. The summed E-state index contributed by atoms with van der Waals surface area (Å²) < 4.78 is 87.9. The SMILES string of the molecule is CO[C@H]1O[C@@H]2CO[C@@H](c3ccccc3)O[C@H]2[C@H](OCc2ccccc2)[C@H]1OC(=O)CCC(=O)O[C@@H](C(=O)O[C@H]1C[C@@]2(O)[C@@H](OC(=O)c3ccccc3)[C@@H]3[C@]4(OC(C)=O)CO[C@@H]4C[C@H](OC(=O)c4cccc(NC(=O)OCc5ccccc5)c4)[C@@]3(C)C(=O)[C@H](OC(C)=O)C(=C1C)C2(C)C)[C@@H](NC(=O)c1ccccc1)c1ccccc1. The van der Waals surface area contributed by atoms with Crippen molar-refractivity contribution < 1.29 is 119 Å². The van der Waals surface area contributed by atoms with E-state index in [0.717, 1.165) is 19.4 Å². The second-order valence-corrected chi connectivity index (χ2v) is 29.6. The molecule has 2 amide bonds. The predicted octanol–water partition coefficient (Wildman–Crippen LogP) is 10.7. The van der Waals surface area contributed by atoms with Gasteiger partial charge in [0.1, 0.15) is 61.0 Å². The van der Waals surface area contributed by atoms with Crippen molar-refractivity contribution in [1.82, 2.24) is 5.32 Å². The second-order valence-electron chi connectivity index (χ2n) is 29.6. The highest BCUT2D eigenvalue weighted by Crippen LogP contribution is 2.65. The monoisotopic (exact) mass is 1560 g/mol. The number of ether oxygens (including phenoxy) is 14. The van der Waals surface area contributed by atoms with Crippen LogP contribution < -0.4 is 10.6 Å². The zero-order valence-electron chi connectivity index (χ0n) is 63.6. The van der Waals surface area contributed by atoms with Gasteiger partial charge in [-0.3, -0.25) is 34.1 Å².